The SMILES string of the molecule is O=CNNC(=O)C(c1cccc([N+](=O)[O-])c1)C1CCC1. The van der Waals surface area contributed by atoms with Gasteiger partial charge in [-0.2, -0.15) is 0 Å². The first-order valence-corrected chi connectivity index (χ1v) is 6.37. The highest BCUT2D eigenvalue weighted by Crippen LogP contribution is 2.40. The molecule has 2 rings (SSSR count). The monoisotopic (exact) mass is 277 g/mol. The van der Waals surface area contributed by atoms with Crippen LogP contribution in [0.1, 0.15) is 30.7 Å². The molecular formula is C13H15N3O4. The van der Waals surface area contributed by atoms with Crippen LogP contribution in [0.3, 0.4) is 0 Å². The summed E-state index contributed by atoms with van der Waals surface area (Å²) in [7, 11) is 0. The van der Waals surface area contributed by atoms with Crippen LogP contribution in [0.2, 0.25) is 0 Å². The highest BCUT2D eigenvalue weighted by Gasteiger charge is 2.34. The molecule has 1 saturated carbocycles. The maximum atomic E-state index is 12.1. The van der Waals surface area contributed by atoms with Crippen molar-refractivity contribution >= 4 is 18.0 Å². The molecular weight excluding hydrogens is 262 g/mol. The van der Waals surface area contributed by atoms with Gasteiger partial charge in [0.2, 0.25) is 12.3 Å². The molecule has 0 heterocycles. The van der Waals surface area contributed by atoms with E-state index < -0.39 is 10.8 Å². The highest BCUT2D eigenvalue weighted by atomic mass is 16.6. The summed E-state index contributed by atoms with van der Waals surface area (Å²) in [5, 5.41) is 10.8. The van der Waals surface area contributed by atoms with Gasteiger partial charge in [0.25, 0.3) is 5.69 Å². The minimum Gasteiger partial charge on any atom is -0.277 e. The number of hydrogen-bond donors (Lipinski definition) is 2. The van der Waals surface area contributed by atoms with Gasteiger partial charge in [-0.15, -0.1) is 0 Å². The Hall–Kier alpha value is -2.44. The van der Waals surface area contributed by atoms with Crippen LogP contribution in [0.4, 0.5) is 5.69 Å². The minimum absolute atomic E-state index is 0.0389. The zero-order valence-corrected chi connectivity index (χ0v) is 10.7. The van der Waals surface area contributed by atoms with Gasteiger partial charge in [0.1, 0.15) is 0 Å². The molecule has 2 N–H and O–H groups in total. The van der Waals surface area contributed by atoms with Crippen molar-refractivity contribution in [1.82, 2.24) is 10.9 Å². The van der Waals surface area contributed by atoms with Crippen molar-refractivity contribution in [2.75, 3.05) is 0 Å². The van der Waals surface area contributed by atoms with Gasteiger partial charge in [0.15, 0.2) is 0 Å². The first-order valence-electron chi connectivity index (χ1n) is 6.37. The Kier molecular flexibility index (Phi) is 4.29. The quantitative estimate of drug-likeness (QED) is 0.464. The van der Waals surface area contributed by atoms with Crippen LogP contribution in [0.5, 0.6) is 0 Å². The standard InChI is InChI=1S/C13H15N3O4/c17-8-14-15-13(18)12(9-3-1-4-9)10-5-2-6-11(7-10)16(19)20/h2,5-9,12H,1,3-4H2,(H,14,17)(H,15,18). The molecule has 7 heteroatoms. The molecule has 7 nitrogen and oxygen atoms in total. The van der Waals surface area contributed by atoms with Crippen molar-refractivity contribution in [3.8, 4) is 0 Å². The fraction of sp³-hybridized carbons (Fsp3) is 0.385. The largest absolute Gasteiger partial charge is 0.277 e. The predicted octanol–water partition coefficient (Wildman–Crippen LogP) is 1.26. The third-order valence-corrected chi connectivity index (χ3v) is 3.60. The fourth-order valence-electron chi connectivity index (χ4n) is 2.42. The molecule has 1 aromatic carbocycles. The zero-order chi connectivity index (χ0) is 14.5. The lowest BCUT2D eigenvalue weighted by Crippen LogP contribution is -2.42. The Morgan fingerprint density at radius 2 is 2.20 bits per heavy atom. The van der Waals surface area contributed by atoms with Crippen molar-refractivity contribution in [2.45, 2.75) is 25.2 Å². The number of non-ortho nitro benzene ring substituents is 1. The summed E-state index contributed by atoms with van der Waals surface area (Å²) >= 11 is 0. The van der Waals surface area contributed by atoms with E-state index in [0.29, 0.717) is 12.0 Å². The van der Waals surface area contributed by atoms with Crippen LogP contribution < -0.4 is 10.9 Å². The molecule has 2 amide bonds. The Balaban J connectivity index is 2.25. The van der Waals surface area contributed by atoms with Crippen molar-refractivity contribution in [1.29, 1.82) is 0 Å². The normalized spacial score (nSPS) is 15.8. The second-order valence-electron chi connectivity index (χ2n) is 4.77. The molecule has 106 valence electrons. The second-order valence-corrected chi connectivity index (χ2v) is 4.77. The minimum atomic E-state index is -0.483. The van der Waals surface area contributed by atoms with Gasteiger partial charge < -0.3 is 0 Å². The molecule has 1 aromatic rings. The summed E-state index contributed by atoms with van der Waals surface area (Å²) in [5.41, 5.74) is 4.99. The molecule has 0 radical (unpaired) electrons. The second kappa shape index (κ2) is 6.14. The van der Waals surface area contributed by atoms with Gasteiger partial charge in [0.05, 0.1) is 10.8 Å². The number of hydrogen-bond acceptors (Lipinski definition) is 4. The number of nitrogens with one attached hydrogen (secondary N) is 2. The number of amides is 2. The Bertz CT molecular complexity index is 528. The van der Waals surface area contributed by atoms with E-state index in [2.05, 4.69) is 10.9 Å². The van der Waals surface area contributed by atoms with E-state index in [4.69, 9.17) is 0 Å². The summed E-state index contributed by atoms with van der Waals surface area (Å²) in [4.78, 5) is 32.7. The number of carbonyl (C=O) groups is 2. The first-order chi connectivity index (χ1) is 9.63. The number of rotatable bonds is 6. The molecule has 0 aromatic heterocycles. The number of hydrazine groups is 1. The lowest BCUT2D eigenvalue weighted by atomic mass is 9.72. The maximum absolute atomic E-state index is 12.1. The first kappa shape index (κ1) is 14.0. The summed E-state index contributed by atoms with van der Waals surface area (Å²) in [6.07, 6.45) is 3.23. The van der Waals surface area contributed by atoms with E-state index >= 15 is 0 Å². The molecule has 1 aliphatic carbocycles. The van der Waals surface area contributed by atoms with E-state index in [1.807, 2.05) is 0 Å². The summed E-state index contributed by atoms with van der Waals surface area (Å²) in [6.45, 7) is 0. The summed E-state index contributed by atoms with van der Waals surface area (Å²) in [5.74, 6) is -0.663. The van der Waals surface area contributed by atoms with Gasteiger partial charge in [-0.1, -0.05) is 18.6 Å². The van der Waals surface area contributed by atoms with Crippen LogP contribution in [0.25, 0.3) is 0 Å². The lowest BCUT2D eigenvalue weighted by molar-refractivity contribution is -0.384. The molecule has 1 fully saturated rings. The smallest absolute Gasteiger partial charge is 0.269 e. The van der Waals surface area contributed by atoms with Gasteiger partial charge >= 0.3 is 0 Å². The van der Waals surface area contributed by atoms with Crippen molar-refractivity contribution in [2.24, 2.45) is 5.92 Å². The topological polar surface area (TPSA) is 101 Å². The van der Waals surface area contributed by atoms with E-state index in [9.17, 15) is 19.7 Å². The number of benzene rings is 1. The molecule has 1 aliphatic rings. The van der Waals surface area contributed by atoms with Crippen LogP contribution in [-0.4, -0.2) is 17.2 Å². The van der Waals surface area contributed by atoms with E-state index in [1.165, 1.54) is 12.1 Å². The third-order valence-electron chi connectivity index (χ3n) is 3.60. The molecule has 20 heavy (non-hydrogen) atoms. The number of nitrogens with zero attached hydrogens (tertiary/aromatic N) is 1. The van der Waals surface area contributed by atoms with Crippen LogP contribution >= 0.6 is 0 Å². The van der Waals surface area contributed by atoms with E-state index in [1.54, 1.807) is 12.1 Å². The number of carbonyl (C=O) groups excluding carboxylic acids is 2. The van der Waals surface area contributed by atoms with Crippen LogP contribution in [0.15, 0.2) is 24.3 Å². The Morgan fingerprint density at radius 1 is 1.45 bits per heavy atom. The summed E-state index contributed by atoms with van der Waals surface area (Å²) in [6, 6.07) is 6.09. The van der Waals surface area contributed by atoms with Gasteiger partial charge in [-0.25, -0.2) is 0 Å². The van der Waals surface area contributed by atoms with E-state index in [0.717, 1.165) is 19.3 Å². The molecule has 0 aliphatic heterocycles. The van der Waals surface area contributed by atoms with Gasteiger partial charge in [0, 0.05) is 12.1 Å². The predicted molar refractivity (Wildman–Crippen MR) is 70.5 cm³/mol. The fourth-order valence-corrected chi connectivity index (χ4v) is 2.42. The molecule has 1 atom stereocenters. The molecule has 0 spiro atoms. The number of nitro groups is 1. The summed E-state index contributed by atoms with van der Waals surface area (Å²) < 4.78 is 0. The maximum Gasteiger partial charge on any atom is 0.269 e. The van der Waals surface area contributed by atoms with Crippen molar-refractivity contribution in [3.05, 3.63) is 39.9 Å². The average Bonchev–Trinajstić information content (AvgIpc) is 2.40. The third kappa shape index (κ3) is 2.93. The average molecular weight is 277 g/mol. The van der Waals surface area contributed by atoms with Gasteiger partial charge in [-0.3, -0.25) is 30.6 Å². The van der Waals surface area contributed by atoms with Crippen molar-refractivity contribution in [3.63, 3.8) is 0 Å². The molecule has 0 bridgehead atoms. The molecule has 1 unspecified atom stereocenters. The zero-order valence-electron chi connectivity index (χ0n) is 10.7. The Morgan fingerprint density at radius 3 is 2.75 bits per heavy atom. The number of nitro benzene ring substituents is 1. The van der Waals surface area contributed by atoms with E-state index in [-0.39, 0.29) is 17.5 Å². The van der Waals surface area contributed by atoms with Crippen LogP contribution in [0, 0.1) is 16.0 Å². The highest BCUT2D eigenvalue weighted by molar-refractivity contribution is 5.84. The van der Waals surface area contributed by atoms with Crippen LogP contribution in [-0.2, 0) is 9.59 Å². The van der Waals surface area contributed by atoms with Gasteiger partial charge in [-0.05, 0) is 24.3 Å². The molecule has 0 saturated heterocycles. The Labute approximate surface area is 115 Å². The van der Waals surface area contributed by atoms with Crippen molar-refractivity contribution < 1.29 is 14.5 Å². The lowest BCUT2D eigenvalue weighted by Gasteiger charge is -2.32.